The zero-order valence-electron chi connectivity index (χ0n) is 6.93. The van der Waals surface area contributed by atoms with Gasteiger partial charge in [-0.2, -0.15) is 0 Å². The van der Waals surface area contributed by atoms with Crippen molar-refractivity contribution < 1.29 is 9.53 Å². The molecule has 0 rings (SSSR count). The van der Waals surface area contributed by atoms with Gasteiger partial charge in [-0.15, -0.1) is 0 Å². The molecule has 62 valence electrons. The van der Waals surface area contributed by atoms with Crippen LogP contribution in [0.3, 0.4) is 0 Å². The molecule has 11 heavy (non-hydrogen) atoms. The summed E-state index contributed by atoms with van der Waals surface area (Å²) in [6, 6.07) is 0. The Bertz CT molecular complexity index is 159. The maximum absolute atomic E-state index is 10.8. The molecule has 0 fully saturated rings. The van der Waals surface area contributed by atoms with Crippen molar-refractivity contribution in [1.29, 1.82) is 0 Å². The van der Waals surface area contributed by atoms with Crippen LogP contribution in [0.2, 0.25) is 0 Å². The van der Waals surface area contributed by atoms with Gasteiger partial charge in [0.05, 0.1) is 0 Å². The SMILES string of the molecule is C=CC(=C)OC(=O)CCCC. The topological polar surface area (TPSA) is 26.3 Å². The molecule has 0 unspecified atom stereocenters. The minimum atomic E-state index is -0.225. The van der Waals surface area contributed by atoms with Crippen LogP contribution in [-0.4, -0.2) is 5.97 Å². The highest BCUT2D eigenvalue weighted by Crippen LogP contribution is 2.01. The fourth-order valence-electron chi connectivity index (χ4n) is 0.560. The lowest BCUT2D eigenvalue weighted by Gasteiger charge is -2.01. The molecular formula is C9H14O2. The third-order valence-corrected chi connectivity index (χ3v) is 1.21. The summed E-state index contributed by atoms with van der Waals surface area (Å²) in [5.41, 5.74) is 0. The van der Waals surface area contributed by atoms with E-state index in [-0.39, 0.29) is 5.97 Å². The van der Waals surface area contributed by atoms with E-state index in [4.69, 9.17) is 4.74 Å². The number of rotatable bonds is 5. The van der Waals surface area contributed by atoms with Crippen molar-refractivity contribution in [1.82, 2.24) is 0 Å². The van der Waals surface area contributed by atoms with Crippen molar-refractivity contribution in [3.05, 3.63) is 25.0 Å². The lowest BCUT2D eigenvalue weighted by atomic mass is 10.2. The molecule has 0 aromatic heterocycles. The molecule has 0 bridgehead atoms. The zero-order chi connectivity index (χ0) is 8.69. The highest BCUT2D eigenvalue weighted by atomic mass is 16.5. The molecule has 0 saturated heterocycles. The van der Waals surface area contributed by atoms with Gasteiger partial charge in [-0.05, 0) is 12.5 Å². The fraction of sp³-hybridized carbons (Fsp3) is 0.444. The minimum absolute atomic E-state index is 0.225. The summed E-state index contributed by atoms with van der Waals surface area (Å²) in [5.74, 6) is 0.0999. The molecule has 0 atom stereocenters. The van der Waals surface area contributed by atoms with E-state index >= 15 is 0 Å². The Labute approximate surface area is 67.6 Å². The fourth-order valence-corrected chi connectivity index (χ4v) is 0.560. The van der Waals surface area contributed by atoms with Gasteiger partial charge >= 0.3 is 5.97 Å². The quantitative estimate of drug-likeness (QED) is 0.345. The standard InChI is InChI=1S/C9H14O2/c1-4-6-7-9(10)11-8(3)5-2/h5H,2-4,6-7H2,1H3. The first-order valence-corrected chi connectivity index (χ1v) is 3.72. The Balaban J connectivity index is 3.52. The normalized spacial score (nSPS) is 8.82. The van der Waals surface area contributed by atoms with Gasteiger partial charge in [-0.1, -0.05) is 26.5 Å². The predicted octanol–water partition coefficient (Wildman–Crippen LogP) is 2.42. The first kappa shape index (κ1) is 9.95. The van der Waals surface area contributed by atoms with Crippen LogP contribution in [0.4, 0.5) is 0 Å². The lowest BCUT2D eigenvalue weighted by Crippen LogP contribution is -2.01. The number of hydrogen-bond acceptors (Lipinski definition) is 2. The van der Waals surface area contributed by atoms with Crippen LogP contribution in [0.15, 0.2) is 25.0 Å². The predicted molar refractivity (Wildman–Crippen MR) is 45.0 cm³/mol. The van der Waals surface area contributed by atoms with E-state index in [2.05, 4.69) is 13.2 Å². The summed E-state index contributed by atoms with van der Waals surface area (Å²) < 4.78 is 4.75. The van der Waals surface area contributed by atoms with Gasteiger partial charge in [0.25, 0.3) is 0 Å². The Morgan fingerprint density at radius 3 is 2.73 bits per heavy atom. The van der Waals surface area contributed by atoms with E-state index < -0.39 is 0 Å². The molecule has 0 N–H and O–H groups in total. The highest BCUT2D eigenvalue weighted by Gasteiger charge is 2.01. The van der Waals surface area contributed by atoms with Crippen LogP contribution in [0.25, 0.3) is 0 Å². The maximum atomic E-state index is 10.8. The Morgan fingerprint density at radius 1 is 1.64 bits per heavy atom. The molecule has 0 amide bonds. The Morgan fingerprint density at radius 2 is 2.27 bits per heavy atom. The van der Waals surface area contributed by atoms with E-state index in [0.29, 0.717) is 12.2 Å². The zero-order valence-corrected chi connectivity index (χ0v) is 6.93. The van der Waals surface area contributed by atoms with Crippen molar-refractivity contribution in [3.63, 3.8) is 0 Å². The van der Waals surface area contributed by atoms with Gasteiger partial charge in [0, 0.05) is 6.42 Å². The number of carbonyl (C=O) groups is 1. The first-order valence-electron chi connectivity index (χ1n) is 3.72. The van der Waals surface area contributed by atoms with Gasteiger partial charge in [0.15, 0.2) is 0 Å². The second-order valence-electron chi connectivity index (χ2n) is 2.25. The minimum Gasteiger partial charge on any atom is -0.427 e. The Kier molecular flexibility index (Phi) is 5.17. The third-order valence-electron chi connectivity index (χ3n) is 1.21. The largest absolute Gasteiger partial charge is 0.427 e. The summed E-state index contributed by atoms with van der Waals surface area (Å²) in [6.45, 7) is 8.90. The number of ether oxygens (including phenoxy) is 1. The molecule has 0 radical (unpaired) electrons. The number of esters is 1. The van der Waals surface area contributed by atoms with Crippen LogP contribution in [0.5, 0.6) is 0 Å². The molecule has 0 heterocycles. The molecule has 2 heteroatoms. The van der Waals surface area contributed by atoms with Crippen molar-refractivity contribution in [2.24, 2.45) is 0 Å². The summed E-state index contributed by atoms with van der Waals surface area (Å²) in [7, 11) is 0. The van der Waals surface area contributed by atoms with E-state index in [9.17, 15) is 4.79 Å². The van der Waals surface area contributed by atoms with Crippen LogP contribution in [0.1, 0.15) is 26.2 Å². The lowest BCUT2D eigenvalue weighted by molar-refractivity contribution is -0.139. The molecule has 0 aliphatic rings. The van der Waals surface area contributed by atoms with Gasteiger partial charge < -0.3 is 4.74 Å². The molecule has 0 aliphatic heterocycles. The van der Waals surface area contributed by atoms with Crippen molar-refractivity contribution in [2.75, 3.05) is 0 Å². The second kappa shape index (κ2) is 5.71. The monoisotopic (exact) mass is 154 g/mol. The average Bonchev–Trinajstić information content (AvgIpc) is 2.00. The molecule has 0 aliphatic carbocycles. The average molecular weight is 154 g/mol. The maximum Gasteiger partial charge on any atom is 0.311 e. The van der Waals surface area contributed by atoms with Crippen LogP contribution in [-0.2, 0) is 9.53 Å². The first-order chi connectivity index (χ1) is 5.20. The van der Waals surface area contributed by atoms with Crippen LogP contribution in [0, 0.1) is 0 Å². The number of allylic oxidation sites excluding steroid dienone is 1. The van der Waals surface area contributed by atoms with Crippen molar-refractivity contribution in [3.8, 4) is 0 Å². The van der Waals surface area contributed by atoms with Gasteiger partial charge in [0.1, 0.15) is 5.76 Å². The van der Waals surface area contributed by atoms with E-state index in [0.717, 1.165) is 12.8 Å². The summed E-state index contributed by atoms with van der Waals surface area (Å²) >= 11 is 0. The smallest absolute Gasteiger partial charge is 0.311 e. The van der Waals surface area contributed by atoms with Gasteiger partial charge in [-0.3, -0.25) is 4.79 Å². The molecule has 0 spiro atoms. The van der Waals surface area contributed by atoms with E-state index in [1.165, 1.54) is 6.08 Å². The molecule has 2 nitrogen and oxygen atoms in total. The number of unbranched alkanes of at least 4 members (excludes halogenated alkanes) is 1. The molecule has 0 aromatic carbocycles. The Hall–Kier alpha value is -1.05. The molecular weight excluding hydrogens is 140 g/mol. The second-order valence-corrected chi connectivity index (χ2v) is 2.25. The highest BCUT2D eigenvalue weighted by molar-refractivity contribution is 5.70. The summed E-state index contributed by atoms with van der Waals surface area (Å²) in [5, 5.41) is 0. The van der Waals surface area contributed by atoms with E-state index in [1.807, 2.05) is 6.92 Å². The number of carbonyl (C=O) groups excluding carboxylic acids is 1. The summed E-state index contributed by atoms with van der Waals surface area (Å²) in [6.07, 6.45) is 3.74. The molecule has 0 saturated carbocycles. The van der Waals surface area contributed by atoms with Crippen LogP contribution >= 0.6 is 0 Å². The third kappa shape index (κ3) is 5.40. The van der Waals surface area contributed by atoms with E-state index in [1.54, 1.807) is 0 Å². The van der Waals surface area contributed by atoms with Crippen LogP contribution < -0.4 is 0 Å². The van der Waals surface area contributed by atoms with Crippen molar-refractivity contribution >= 4 is 5.97 Å². The van der Waals surface area contributed by atoms with Gasteiger partial charge in [0.2, 0.25) is 0 Å². The number of hydrogen-bond donors (Lipinski definition) is 0. The van der Waals surface area contributed by atoms with Gasteiger partial charge in [-0.25, -0.2) is 0 Å². The summed E-state index contributed by atoms with van der Waals surface area (Å²) in [4.78, 5) is 10.8. The molecule has 0 aromatic rings. The van der Waals surface area contributed by atoms with Crippen molar-refractivity contribution in [2.45, 2.75) is 26.2 Å².